The molecule has 0 radical (unpaired) electrons. The molecule has 2 aliphatic rings. The summed E-state index contributed by atoms with van der Waals surface area (Å²) in [6, 6.07) is 9.65. The minimum absolute atomic E-state index is 0.265. The molecule has 2 fully saturated rings. The van der Waals surface area contributed by atoms with Gasteiger partial charge in [0.25, 0.3) is 0 Å². The van der Waals surface area contributed by atoms with Gasteiger partial charge in [0.05, 0.1) is 12.8 Å². The maximum absolute atomic E-state index is 12.6. The Morgan fingerprint density at radius 3 is 2.67 bits per heavy atom. The van der Waals surface area contributed by atoms with E-state index in [4.69, 9.17) is 9.72 Å². The number of aromatic nitrogens is 2. The summed E-state index contributed by atoms with van der Waals surface area (Å²) in [6.45, 7) is 1.65. The number of rotatable bonds is 5. The molecule has 0 unspecified atom stereocenters. The van der Waals surface area contributed by atoms with Crippen LogP contribution in [0.1, 0.15) is 43.7 Å². The fourth-order valence-corrected chi connectivity index (χ4v) is 3.80. The number of piperidine rings is 1. The molecule has 0 spiro atoms. The van der Waals surface area contributed by atoms with Gasteiger partial charge < -0.3 is 15.0 Å². The zero-order valence-electron chi connectivity index (χ0n) is 15.7. The van der Waals surface area contributed by atoms with E-state index in [0.29, 0.717) is 11.9 Å². The number of carbonyl (C=O) groups is 1. The molecule has 0 bridgehead atoms. The molecule has 27 heavy (non-hydrogen) atoms. The maximum atomic E-state index is 12.6. The van der Waals surface area contributed by atoms with Gasteiger partial charge in [-0.25, -0.2) is 9.97 Å². The SMILES string of the molecule is COc1ccc(Nc2nccc([C@H]3CCCN(C(=O)C4CCC4)C3)n2)cc1. The third-order valence-electron chi connectivity index (χ3n) is 5.63. The van der Waals surface area contributed by atoms with Crippen LogP contribution in [0.2, 0.25) is 0 Å². The van der Waals surface area contributed by atoms with Crippen LogP contribution in [0.15, 0.2) is 36.5 Å². The van der Waals surface area contributed by atoms with Crippen LogP contribution in [0.5, 0.6) is 5.75 Å². The number of nitrogens with one attached hydrogen (secondary N) is 1. The lowest BCUT2D eigenvalue weighted by molar-refractivity contribution is -0.139. The lowest BCUT2D eigenvalue weighted by Gasteiger charge is -2.37. The summed E-state index contributed by atoms with van der Waals surface area (Å²) in [5.41, 5.74) is 1.92. The number of carbonyl (C=O) groups excluding carboxylic acids is 1. The summed E-state index contributed by atoms with van der Waals surface area (Å²) in [6.07, 6.45) is 7.20. The molecule has 1 N–H and O–H groups in total. The van der Waals surface area contributed by atoms with E-state index in [1.165, 1.54) is 6.42 Å². The molecule has 2 aromatic rings. The second-order valence-electron chi connectivity index (χ2n) is 7.41. The van der Waals surface area contributed by atoms with E-state index < -0.39 is 0 Å². The van der Waals surface area contributed by atoms with Crippen LogP contribution in [0, 0.1) is 5.92 Å². The molecule has 142 valence electrons. The van der Waals surface area contributed by atoms with E-state index in [2.05, 4.69) is 15.2 Å². The fourth-order valence-electron chi connectivity index (χ4n) is 3.80. The van der Waals surface area contributed by atoms with Crippen LogP contribution in [-0.4, -0.2) is 41.0 Å². The van der Waals surface area contributed by atoms with Crippen molar-refractivity contribution in [3.05, 3.63) is 42.2 Å². The van der Waals surface area contributed by atoms with Gasteiger partial charge in [0.15, 0.2) is 0 Å². The van der Waals surface area contributed by atoms with Gasteiger partial charge in [0, 0.05) is 36.8 Å². The predicted molar refractivity (Wildman–Crippen MR) is 104 cm³/mol. The largest absolute Gasteiger partial charge is 0.497 e. The molecule has 4 rings (SSSR count). The van der Waals surface area contributed by atoms with Crippen molar-refractivity contribution in [3.8, 4) is 5.75 Å². The summed E-state index contributed by atoms with van der Waals surface area (Å²) in [4.78, 5) is 23.7. The zero-order chi connectivity index (χ0) is 18.6. The second-order valence-corrected chi connectivity index (χ2v) is 7.41. The third kappa shape index (κ3) is 4.04. The topological polar surface area (TPSA) is 67.3 Å². The summed E-state index contributed by atoms with van der Waals surface area (Å²) in [7, 11) is 1.65. The van der Waals surface area contributed by atoms with Crippen molar-refractivity contribution in [2.45, 2.75) is 38.0 Å². The zero-order valence-corrected chi connectivity index (χ0v) is 15.7. The number of ether oxygens (including phenoxy) is 1. The second kappa shape index (κ2) is 7.94. The Balaban J connectivity index is 1.43. The number of benzene rings is 1. The van der Waals surface area contributed by atoms with Crippen molar-refractivity contribution >= 4 is 17.5 Å². The van der Waals surface area contributed by atoms with E-state index in [9.17, 15) is 4.79 Å². The molecule has 1 aliphatic heterocycles. The molecule has 1 aromatic heterocycles. The van der Waals surface area contributed by atoms with Crippen LogP contribution in [-0.2, 0) is 4.79 Å². The first-order valence-electron chi connectivity index (χ1n) is 9.76. The smallest absolute Gasteiger partial charge is 0.227 e. The van der Waals surface area contributed by atoms with Gasteiger partial charge in [-0.05, 0) is 56.0 Å². The number of methoxy groups -OCH3 is 1. The van der Waals surface area contributed by atoms with Crippen molar-refractivity contribution in [1.29, 1.82) is 0 Å². The van der Waals surface area contributed by atoms with Gasteiger partial charge in [-0.1, -0.05) is 6.42 Å². The number of hydrogen-bond donors (Lipinski definition) is 1. The van der Waals surface area contributed by atoms with Crippen molar-refractivity contribution in [3.63, 3.8) is 0 Å². The standard InChI is InChI=1S/C21H26N4O2/c1-27-18-9-7-17(8-10-18)23-21-22-12-11-19(24-21)16-6-3-13-25(14-16)20(26)15-4-2-5-15/h7-12,15-16H,2-6,13-14H2,1H3,(H,22,23,24)/t16-/m0/s1. The van der Waals surface area contributed by atoms with Gasteiger partial charge in [-0.2, -0.15) is 0 Å². The first-order chi connectivity index (χ1) is 13.2. The molecule has 6 heteroatoms. The van der Waals surface area contributed by atoms with Gasteiger partial charge in [0.2, 0.25) is 11.9 Å². The highest BCUT2D eigenvalue weighted by molar-refractivity contribution is 5.79. The Hall–Kier alpha value is -2.63. The first kappa shape index (κ1) is 17.8. The number of anilines is 2. The number of nitrogens with zero attached hydrogens (tertiary/aromatic N) is 3. The molecule has 2 heterocycles. The monoisotopic (exact) mass is 366 g/mol. The Morgan fingerprint density at radius 2 is 1.96 bits per heavy atom. The number of hydrogen-bond acceptors (Lipinski definition) is 5. The van der Waals surface area contributed by atoms with E-state index in [-0.39, 0.29) is 11.8 Å². The summed E-state index contributed by atoms with van der Waals surface area (Å²) < 4.78 is 5.18. The molecule has 1 aromatic carbocycles. The summed E-state index contributed by atoms with van der Waals surface area (Å²) in [5, 5.41) is 3.25. The highest BCUT2D eigenvalue weighted by atomic mass is 16.5. The van der Waals surface area contributed by atoms with E-state index in [1.54, 1.807) is 13.3 Å². The van der Waals surface area contributed by atoms with E-state index in [1.807, 2.05) is 30.3 Å². The molecule has 1 aliphatic carbocycles. The molecule has 1 saturated heterocycles. The highest BCUT2D eigenvalue weighted by Crippen LogP contribution is 2.32. The van der Waals surface area contributed by atoms with Gasteiger partial charge in [-0.15, -0.1) is 0 Å². The van der Waals surface area contributed by atoms with Gasteiger partial charge in [0.1, 0.15) is 5.75 Å². The van der Waals surface area contributed by atoms with E-state index >= 15 is 0 Å². The normalized spacial score (nSPS) is 20.0. The molecular weight excluding hydrogens is 340 g/mol. The van der Waals surface area contributed by atoms with Crippen LogP contribution in [0.3, 0.4) is 0 Å². The summed E-state index contributed by atoms with van der Waals surface area (Å²) >= 11 is 0. The predicted octanol–water partition coefficient (Wildman–Crippen LogP) is 3.73. The molecule has 1 saturated carbocycles. The van der Waals surface area contributed by atoms with E-state index in [0.717, 1.165) is 55.9 Å². The lowest BCUT2D eigenvalue weighted by atomic mass is 9.83. The average Bonchev–Trinajstić information content (AvgIpc) is 2.67. The van der Waals surface area contributed by atoms with Crippen molar-refractivity contribution in [1.82, 2.24) is 14.9 Å². The Kier molecular flexibility index (Phi) is 5.23. The fraction of sp³-hybridized carbons (Fsp3) is 0.476. The van der Waals surface area contributed by atoms with Crippen LogP contribution in [0.4, 0.5) is 11.6 Å². The Bertz CT molecular complexity index is 789. The van der Waals surface area contributed by atoms with Crippen LogP contribution < -0.4 is 10.1 Å². The minimum Gasteiger partial charge on any atom is -0.497 e. The van der Waals surface area contributed by atoms with Crippen molar-refractivity contribution in [2.75, 3.05) is 25.5 Å². The molecule has 6 nitrogen and oxygen atoms in total. The third-order valence-corrected chi connectivity index (χ3v) is 5.63. The Labute approximate surface area is 160 Å². The minimum atomic E-state index is 0.265. The van der Waals surface area contributed by atoms with Crippen molar-refractivity contribution in [2.24, 2.45) is 5.92 Å². The number of likely N-dealkylation sites (tertiary alicyclic amines) is 1. The summed E-state index contributed by atoms with van der Waals surface area (Å²) in [5.74, 6) is 2.29. The highest BCUT2D eigenvalue weighted by Gasteiger charge is 2.32. The number of amides is 1. The van der Waals surface area contributed by atoms with Gasteiger partial charge >= 0.3 is 0 Å². The first-order valence-corrected chi connectivity index (χ1v) is 9.76. The van der Waals surface area contributed by atoms with Crippen molar-refractivity contribution < 1.29 is 9.53 Å². The van der Waals surface area contributed by atoms with Gasteiger partial charge in [-0.3, -0.25) is 4.79 Å². The average molecular weight is 366 g/mol. The molecule has 1 atom stereocenters. The molecule has 1 amide bonds. The maximum Gasteiger partial charge on any atom is 0.227 e. The quantitative estimate of drug-likeness (QED) is 0.873. The lowest BCUT2D eigenvalue weighted by Crippen LogP contribution is -2.44. The van der Waals surface area contributed by atoms with Crippen LogP contribution >= 0.6 is 0 Å². The molecular formula is C21H26N4O2. The van der Waals surface area contributed by atoms with Crippen LogP contribution in [0.25, 0.3) is 0 Å². The Morgan fingerprint density at radius 1 is 1.15 bits per heavy atom.